The lowest BCUT2D eigenvalue weighted by Crippen LogP contribution is -2.04. The maximum atomic E-state index is 6.39. The second kappa shape index (κ2) is 16.1. The minimum absolute atomic E-state index is 0.456. The molecule has 5 aromatic heterocycles. The summed E-state index contributed by atoms with van der Waals surface area (Å²) in [4.78, 5) is 21.2. The molecule has 0 saturated heterocycles. The van der Waals surface area contributed by atoms with Crippen molar-refractivity contribution in [2.45, 2.75) is 0 Å². The van der Waals surface area contributed by atoms with Gasteiger partial charge in [-0.05, 0) is 111 Å². The van der Waals surface area contributed by atoms with Crippen LogP contribution in [-0.2, 0) is 0 Å². The zero-order valence-electron chi connectivity index (χ0n) is 40.2. The predicted molar refractivity (Wildman–Crippen MR) is 308 cm³/mol. The molecule has 0 amide bonds. The molecular weight excluding hydrogens is 917 g/mol. The molecule has 0 aliphatic heterocycles. The van der Waals surface area contributed by atoms with E-state index in [-0.39, 0.29) is 0 Å². The molecular formula is C68H40N6O. The SMILES string of the molecule is c1ccc(-c2ccc3cc4c(cc3c2)c2ccccc2n4-c2cccc3cc(-c4nc(-c5ccccc5-n5c6ccccc6c6c7ccccc7ccc65)nc(-c5nccc6oc7ccccc7c56)n4)ccc23)cc1. The predicted octanol–water partition coefficient (Wildman–Crippen LogP) is 17.5. The first-order valence-corrected chi connectivity index (χ1v) is 25.3. The van der Waals surface area contributed by atoms with Crippen LogP contribution < -0.4 is 0 Å². The lowest BCUT2D eigenvalue weighted by molar-refractivity contribution is 0.668. The summed E-state index contributed by atoms with van der Waals surface area (Å²) in [6.07, 6.45) is 1.77. The van der Waals surface area contributed by atoms with Crippen molar-refractivity contribution in [1.82, 2.24) is 29.1 Å². The zero-order chi connectivity index (χ0) is 49.1. The lowest BCUT2D eigenvalue weighted by Gasteiger charge is -2.15. The number of aromatic nitrogens is 6. The van der Waals surface area contributed by atoms with Gasteiger partial charge in [0.05, 0.1) is 38.8 Å². The zero-order valence-corrected chi connectivity index (χ0v) is 40.2. The third-order valence-electron chi connectivity index (χ3n) is 15.2. The first kappa shape index (κ1) is 41.4. The standard InChI is InChI=1S/C68H40N6O/c1-2-15-41(16-3-1)43-29-30-44-40-60-54(39-47(44)37-43)50-20-6-10-24-56(50)74(60)55-27-14-18-45-38-46(31-33-48(45)55)66-70-67(72-68(71-66)65-64-53-23-9-13-28-61(53)75-62(64)35-36-69-65)52-22-8-12-26-58(52)73-57-25-11-7-21-51(57)63-49-19-5-4-17-42(49)32-34-59(63)73/h1-40H. The Bertz CT molecular complexity index is 5030. The molecule has 0 aliphatic rings. The molecule has 0 saturated carbocycles. The average molecular weight is 957 g/mol. The number of benzene rings is 11. The van der Waals surface area contributed by atoms with Crippen LogP contribution in [0.2, 0.25) is 0 Å². The third kappa shape index (κ3) is 6.35. The first-order chi connectivity index (χ1) is 37.2. The highest BCUT2D eigenvalue weighted by Gasteiger charge is 2.23. The number of rotatable bonds is 6. The summed E-state index contributed by atoms with van der Waals surface area (Å²) in [5.74, 6) is 1.53. The van der Waals surface area contributed by atoms with Gasteiger partial charge in [0.25, 0.3) is 0 Å². The van der Waals surface area contributed by atoms with Gasteiger partial charge in [-0.2, -0.15) is 0 Å². The molecule has 0 atom stereocenters. The Balaban J connectivity index is 0.901. The van der Waals surface area contributed by atoms with E-state index in [1.165, 1.54) is 54.2 Å². The number of hydrogen-bond acceptors (Lipinski definition) is 5. The van der Waals surface area contributed by atoms with Crippen LogP contribution in [0.15, 0.2) is 247 Å². The van der Waals surface area contributed by atoms with Crippen molar-refractivity contribution in [3.63, 3.8) is 0 Å². The van der Waals surface area contributed by atoms with Gasteiger partial charge in [0.2, 0.25) is 0 Å². The van der Waals surface area contributed by atoms with Crippen LogP contribution in [0.4, 0.5) is 0 Å². The highest BCUT2D eigenvalue weighted by molar-refractivity contribution is 6.22. The molecule has 0 fully saturated rings. The Hall–Kier alpha value is -10.2. The minimum Gasteiger partial charge on any atom is -0.456 e. The first-order valence-electron chi connectivity index (χ1n) is 25.3. The van der Waals surface area contributed by atoms with Crippen molar-refractivity contribution < 1.29 is 4.42 Å². The van der Waals surface area contributed by atoms with E-state index in [1.807, 2.05) is 24.3 Å². The summed E-state index contributed by atoms with van der Waals surface area (Å²) >= 11 is 0. The molecule has 0 unspecified atom stereocenters. The van der Waals surface area contributed by atoms with Crippen molar-refractivity contribution in [2.24, 2.45) is 0 Å². The number of furan rings is 1. The third-order valence-corrected chi connectivity index (χ3v) is 15.2. The fourth-order valence-corrected chi connectivity index (χ4v) is 11.8. The average Bonchev–Trinajstić information content (AvgIpc) is 4.19. The Morgan fingerprint density at radius 1 is 0.307 bits per heavy atom. The van der Waals surface area contributed by atoms with Crippen LogP contribution in [0, 0.1) is 0 Å². The molecule has 11 aromatic carbocycles. The molecule has 0 radical (unpaired) electrons. The molecule has 0 N–H and O–H groups in total. The van der Waals surface area contributed by atoms with Crippen molar-refractivity contribution in [3.8, 4) is 56.8 Å². The van der Waals surface area contributed by atoms with Crippen molar-refractivity contribution in [2.75, 3.05) is 0 Å². The monoisotopic (exact) mass is 956 g/mol. The maximum absolute atomic E-state index is 6.39. The highest BCUT2D eigenvalue weighted by Crippen LogP contribution is 2.42. The molecule has 0 spiro atoms. The van der Waals surface area contributed by atoms with Crippen LogP contribution in [0.25, 0.3) is 155 Å². The summed E-state index contributed by atoms with van der Waals surface area (Å²) in [6.45, 7) is 0. The largest absolute Gasteiger partial charge is 0.456 e. The van der Waals surface area contributed by atoms with Gasteiger partial charge in [-0.3, -0.25) is 4.98 Å². The molecule has 75 heavy (non-hydrogen) atoms. The van der Waals surface area contributed by atoms with E-state index < -0.39 is 0 Å². The highest BCUT2D eigenvalue weighted by atomic mass is 16.3. The van der Waals surface area contributed by atoms with E-state index in [2.05, 4.69) is 221 Å². The van der Waals surface area contributed by atoms with Gasteiger partial charge >= 0.3 is 0 Å². The Labute approximate surface area is 428 Å². The van der Waals surface area contributed by atoms with Gasteiger partial charge in [0, 0.05) is 49.6 Å². The normalized spacial score (nSPS) is 12.0. The van der Waals surface area contributed by atoms with E-state index >= 15 is 0 Å². The van der Waals surface area contributed by atoms with Crippen LogP contribution in [0.1, 0.15) is 0 Å². The van der Waals surface area contributed by atoms with E-state index in [9.17, 15) is 0 Å². The molecule has 5 heterocycles. The molecule has 0 bridgehead atoms. The summed E-state index contributed by atoms with van der Waals surface area (Å²) in [7, 11) is 0. The quantitative estimate of drug-likeness (QED) is 0.166. The van der Waals surface area contributed by atoms with Crippen molar-refractivity contribution in [1.29, 1.82) is 0 Å². The van der Waals surface area contributed by atoms with Gasteiger partial charge in [-0.15, -0.1) is 0 Å². The number of fused-ring (bicyclic) bond motifs is 13. The van der Waals surface area contributed by atoms with E-state index in [1.54, 1.807) is 6.20 Å². The van der Waals surface area contributed by atoms with Gasteiger partial charge in [-0.1, -0.05) is 164 Å². The van der Waals surface area contributed by atoms with Gasteiger partial charge in [-0.25, -0.2) is 15.0 Å². The van der Waals surface area contributed by atoms with Crippen LogP contribution >= 0.6 is 0 Å². The fraction of sp³-hybridized carbons (Fsp3) is 0. The van der Waals surface area contributed by atoms with E-state index in [4.69, 9.17) is 24.4 Å². The van der Waals surface area contributed by atoms with E-state index in [0.717, 1.165) is 77.3 Å². The number of para-hydroxylation sites is 4. The summed E-state index contributed by atoms with van der Waals surface area (Å²) < 4.78 is 11.2. The summed E-state index contributed by atoms with van der Waals surface area (Å²) in [5.41, 5.74) is 12.8. The Morgan fingerprint density at radius 3 is 1.88 bits per heavy atom. The lowest BCUT2D eigenvalue weighted by atomic mass is 9.99. The van der Waals surface area contributed by atoms with Gasteiger partial charge in [0.1, 0.15) is 16.9 Å². The number of pyridine rings is 1. The molecule has 16 rings (SSSR count). The van der Waals surface area contributed by atoms with Crippen molar-refractivity contribution >= 4 is 97.9 Å². The second-order valence-electron chi connectivity index (χ2n) is 19.4. The Kier molecular flexibility index (Phi) is 8.90. The number of hydrogen-bond donors (Lipinski definition) is 0. The van der Waals surface area contributed by atoms with Crippen LogP contribution in [0.5, 0.6) is 0 Å². The number of nitrogens with zero attached hydrogens (tertiary/aromatic N) is 6. The molecule has 348 valence electrons. The van der Waals surface area contributed by atoms with Crippen LogP contribution in [0.3, 0.4) is 0 Å². The van der Waals surface area contributed by atoms with Gasteiger partial charge in [0.15, 0.2) is 17.5 Å². The molecule has 0 aliphatic carbocycles. The van der Waals surface area contributed by atoms with Crippen molar-refractivity contribution in [3.05, 3.63) is 243 Å². The molecule has 7 nitrogen and oxygen atoms in total. The fourth-order valence-electron chi connectivity index (χ4n) is 11.8. The summed E-state index contributed by atoms with van der Waals surface area (Å²) in [6, 6.07) is 84.1. The van der Waals surface area contributed by atoms with Crippen LogP contribution in [-0.4, -0.2) is 29.1 Å². The second-order valence-corrected chi connectivity index (χ2v) is 19.4. The summed E-state index contributed by atoms with van der Waals surface area (Å²) in [5, 5.41) is 13.6. The molecule has 7 heteroatoms. The minimum atomic E-state index is 0.456. The smallest absolute Gasteiger partial charge is 0.183 e. The molecule has 16 aromatic rings. The Morgan fingerprint density at radius 2 is 0.973 bits per heavy atom. The van der Waals surface area contributed by atoms with Gasteiger partial charge < -0.3 is 13.6 Å². The van der Waals surface area contributed by atoms with E-state index in [0.29, 0.717) is 23.2 Å². The maximum Gasteiger partial charge on any atom is 0.183 e. The topological polar surface area (TPSA) is 74.6 Å².